The van der Waals surface area contributed by atoms with Crippen molar-refractivity contribution in [3.63, 3.8) is 0 Å². The Morgan fingerprint density at radius 2 is 2.26 bits per heavy atom. The van der Waals surface area contributed by atoms with E-state index in [1.54, 1.807) is 7.11 Å². The van der Waals surface area contributed by atoms with Crippen molar-refractivity contribution in [2.24, 2.45) is 5.92 Å². The number of rotatable bonds is 5. The highest BCUT2D eigenvalue weighted by atomic mass is 79.9. The summed E-state index contributed by atoms with van der Waals surface area (Å²) in [5, 5.41) is 7.38. The Labute approximate surface area is 153 Å². The number of ether oxygens (including phenoxy) is 2. The number of benzene rings is 1. The summed E-state index contributed by atoms with van der Waals surface area (Å²) in [6, 6.07) is 7.38. The van der Waals surface area contributed by atoms with Gasteiger partial charge in [-0.25, -0.2) is 0 Å². The summed E-state index contributed by atoms with van der Waals surface area (Å²) in [6.45, 7) is 3.59. The SMILES string of the molecule is COc1ccc(CNC2CCCC2C2COCCN2)cc1Br.Cl. The maximum Gasteiger partial charge on any atom is 0.133 e. The minimum absolute atomic E-state index is 0. The van der Waals surface area contributed by atoms with Crippen molar-refractivity contribution in [2.75, 3.05) is 26.9 Å². The number of morpholine rings is 1. The average molecular weight is 406 g/mol. The maximum absolute atomic E-state index is 5.64. The van der Waals surface area contributed by atoms with Gasteiger partial charge in [0.2, 0.25) is 0 Å². The second-order valence-corrected chi connectivity index (χ2v) is 7.04. The molecule has 2 aliphatic rings. The van der Waals surface area contributed by atoms with E-state index in [1.807, 2.05) is 6.07 Å². The summed E-state index contributed by atoms with van der Waals surface area (Å²) in [5.74, 6) is 1.56. The normalized spacial score (nSPS) is 27.5. The van der Waals surface area contributed by atoms with E-state index < -0.39 is 0 Å². The molecule has 4 nitrogen and oxygen atoms in total. The van der Waals surface area contributed by atoms with Crippen LogP contribution < -0.4 is 15.4 Å². The Balaban J connectivity index is 0.00000192. The van der Waals surface area contributed by atoms with Gasteiger partial charge in [-0.15, -0.1) is 12.4 Å². The van der Waals surface area contributed by atoms with Gasteiger partial charge in [0.15, 0.2) is 0 Å². The fourth-order valence-corrected chi connectivity index (χ4v) is 4.24. The smallest absolute Gasteiger partial charge is 0.133 e. The Kier molecular flexibility index (Phi) is 7.63. The highest BCUT2D eigenvalue weighted by molar-refractivity contribution is 9.10. The number of methoxy groups -OCH3 is 1. The molecule has 1 saturated heterocycles. The van der Waals surface area contributed by atoms with Crippen LogP contribution in [-0.4, -0.2) is 39.0 Å². The number of nitrogens with one attached hydrogen (secondary N) is 2. The molecule has 1 saturated carbocycles. The molecule has 3 unspecified atom stereocenters. The van der Waals surface area contributed by atoms with Crippen molar-refractivity contribution in [1.29, 1.82) is 0 Å². The van der Waals surface area contributed by atoms with Gasteiger partial charge in [-0.05, 0) is 52.4 Å². The molecule has 1 aromatic carbocycles. The topological polar surface area (TPSA) is 42.5 Å². The monoisotopic (exact) mass is 404 g/mol. The highest BCUT2D eigenvalue weighted by Crippen LogP contribution is 2.30. The van der Waals surface area contributed by atoms with E-state index >= 15 is 0 Å². The van der Waals surface area contributed by atoms with E-state index in [0.29, 0.717) is 18.0 Å². The molecule has 3 rings (SSSR count). The summed E-state index contributed by atoms with van der Waals surface area (Å²) in [6.07, 6.45) is 3.87. The van der Waals surface area contributed by atoms with E-state index in [2.05, 4.69) is 38.7 Å². The zero-order chi connectivity index (χ0) is 15.4. The van der Waals surface area contributed by atoms with Crippen LogP contribution in [0.15, 0.2) is 22.7 Å². The summed E-state index contributed by atoms with van der Waals surface area (Å²) in [4.78, 5) is 0. The Morgan fingerprint density at radius 3 is 2.96 bits per heavy atom. The molecule has 6 heteroatoms. The zero-order valence-corrected chi connectivity index (χ0v) is 15.9. The fraction of sp³-hybridized carbons (Fsp3) is 0.647. The van der Waals surface area contributed by atoms with Crippen LogP contribution in [0.25, 0.3) is 0 Å². The van der Waals surface area contributed by atoms with Gasteiger partial charge in [0, 0.05) is 25.2 Å². The second-order valence-electron chi connectivity index (χ2n) is 6.19. The van der Waals surface area contributed by atoms with Crippen LogP contribution in [0.3, 0.4) is 0 Å². The van der Waals surface area contributed by atoms with Crippen molar-refractivity contribution in [2.45, 2.75) is 37.9 Å². The van der Waals surface area contributed by atoms with Crippen molar-refractivity contribution < 1.29 is 9.47 Å². The van der Waals surface area contributed by atoms with Crippen molar-refractivity contribution in [1.82, 2.24) is 10.6 Å². The molecule has 0 bridgehead atoms. The summed E-state index contributed by atoms with van der Waals surface area (Å²) in [7, 11) is 1.69. The summed E-state index contributed by atoms with van der Waals surface area (Å²) in [5.41, 5.74) is 1.28. The maximum atomic E-state index is 5.64. The van der Waals surface area contributed by atoms with Gasteiger partial charge in [0.05, 0.1) is 24.8 Å². The molecule has 0 spiro atoms. The van der Waals surface area contributed by atoms with Gasteiger partial charge >= 0.3 is 0 Å². The van der Waals surface area contributed by atoms with E-state index in [-0.39, 0.29) is 12.4 Å². The van der Waals surface area contributed by atoms with E-state index in [4.69, 9.17) is 9.47 Å². The minimum atomic E-state index is 0. The van der Waals surface area contributed by atoms with Crippen LogP contribution in [0.2, 0.25) is 0 Å². The van der Waals surface area contributed by atoms with Crippen molar-refractivity contribution in [3.8, 4) is 5.75 Å². The molecule has 1 aliphatic carbocycles. The zero-order valence-electron chi connectivity index (χ0n) is 13.5. The summed E-state index contributed by atoms with van der Waals surface area (Å²) >= 11 is 3.56. The standard InChI is InChI=1S/C17H25BrN2O2.ClH/c1-21-17-6-5-12(9-14(17)18)10-20-15-4-2-3-13(15)16-11-22-8-7-19-16;/h5-6,9,13,15-16,19-20H,2-4,7-8,10-11H2,1H3;1H. The largest absolute Gasteiger partial charge is 0.496 e. The first-order chi connectivity index (χ1) is 10.8. The summed E-state index contributed by atoms with van der Waals surface area (Å²) < 4.78 is 11.9. The lowest BCUT2D eigenvalue weighted by molar-refractivity contribution is 0.0524. The first-order valence-electron chi connectivity index (χ1n) is 8.15. The third-order valence-corrected chi connectivity index (χ3v) is 5.44. The predicted octanol–water partition coefficient (Wildman–Crippen LogP) is 3.13. The van der Waals surface area contributed by atoms with E-state index in [1.165, 1.54) is 24.8 Å². The van der Waals surface area contributed by atoms with Gasteiger partial charge < -0.3 is 20.1 Å². The van der Waals surface area contributed by atoms with Crippen molar-refractivity contribution in [3.05, 3.63) is 28.2 Å². The lowest BCUT2D eigenvalue weighted by atomic mass is 9.94. The van der Waals surface area contributed by atoms with Crippen LogP contribution in [0.4, 0.5) is 0 Å². The molecule has 1 aromatic rings. The van der Waals surface area contributed by atoms with Gasteiger partial charge in [0.25, 0.3) is 0 Å². The van der Waals surface area contributed by atoms with Crippen molar-refractivity contribution >= 4 is 28.3 Å². The molecule has 1 heterocycles. The van der Waals surface area contributed by atoms with Crippen LogP contribution in [0.1, 0.15) is 24.8 Å². The highest BCUT2D eigenvalue weighted by Gasteiger charge is 2.34. The van der Waals surface area contributed by atoms with Crippen LogP contribution in [-0.2, 0) is 11.3 Å². The van der Waals surface area contributed by atoms with Gasteiger partial charge in [0.1, 0.15) is 5.75 Å². The Bertz CT molecular complexity index is 497. The molecule has 1 aliphatic heterocycles. The molecule has 0 amide bonds. The van der Waals surface area contributed by atoms with Gasteiger partial charge in [-0.2, -0.15) is 0 Å². The first kappa shape index (κ1) is 19.0. The fourth-order valence-electron chi connectivity index (χ4n) is 3.65. The molecule has 2 fully saturated rings. The van der Waals surface area contributed by atoms with Crippen LogP contribution in [0, 0.1) is 5.92 Å². The van der Waals surface area contributed by atoms with Crippen LogP contribution >= 0.6 is 28.3 Å². The third-order valence-electron chi connectivity index (χ3n) is 4.82. The third kappa shape index (κ3) is 4.83. The number of halogens is 2. The Hall–Kier alpha value is -0.330. The molecular weight excluding hydrogens is 380 g/mol. The number of hydrogen-bond donors (Lipinski definition) is 2. The second kappa shape index (κ2) is 9.23. The lowest BCUT2D eigenvalue weighted by Crippen LogP contribution is -2.50. The van der Waals surface area contributed by atoms with E-state index in [9.17, 15) is 0 Å². The minimum Gasteiger partial charge on any atom is -0.496 e. The average Bonchev–Trinajstić information content (AvgIpc) is 3.02. The number of hydrogen-bond acceptors (Lipinski definition) is 4. The molecule has 23 heavy (non-hydrogen) atoms. The van der Waals surface area contributed by atoms with E-state index in [0.717, 1.165) is 36.5 Å². The molecule has 130 valence electrons. The molecule has 0 aromatic heterocycles. The molecular formula is C17H26BrClN2O2. The Morgan fingerprint density at radius 1 is 1.39 bits per heavy atom. The first-order valence-corrected chi connectivity index (χ1v) is 8.94. The molecule has 2 N–H and O–H groups in total. The predicted molar refractivity (Wildman–Crippen MR) is 98.5 cm³/mol. The van der Waals surface area contributed by atoms with Crippen LogP contribution in [0.5, 0.6) is 5.75 Å². The lowest BCUT2D eigenvalue weighted by Gasteiger charge is -2.33. The quantitative estimate of drug-likeness (QED) is 0.790. The molecule has 3 atom stereocenters. The van der Waals surface area contributed by atoms with Gasteiger partial charge in [-0.3, -0.25) is 0 Å². The van der Waals surface area contributed by atoms with Gasteiger partial charge in [-0.1, -0.05) is 12.5 Å². The molecule has 0 radical (unpaired) electrons.